The maximum Gasteiger partial charge on any atom is 0.224 e. The fourth-order valence-corrected chi connectivity index (χ4v) is 3.44. The second kappa shape index (κ2) is 5.68. The van der Waals surface area contributed by atoms with Gasteiger partial charge in [-0.05, 0) is 43.0 Å². The first-order valence-corrected chi connectivity index (χ1v) is 7.83. The Morgan fingerprint density at radius 2 is 1.95 bits per heavy atom. The van der Waals surface area contributed by atoms with Gasteiger partial charge in [-0.1, -0.05) is 6.92 Å². The van der Waals surface area contributed by atoms with E-state index in [0.717, 1.165) is 38.4 Å². The summed E-state index contributed by atoms with van der Waals surface area (Å²) in [6.45, 7) is 9.51. The average molecular weight is 288 g/mol. The van der Waals surface area contributed by atoms with E-state index < -0.39 is 0 Å². The molecule has 2 aliphatic rings. The molecule has 0 unspecified atom stereocenters. The van der Waals surface area contributed by atoms with Gasteiger partial charge in [0, 0.05) is 37.4 Å². The summed E-state index contributed by atoms with van der Waals surface area (Å²) >= 11 is 0. The lowest BCUT2D eigenvalue weighted by Gasteiger charge is -2.39. The molecule has 1 saturated heterocycles. The zero-order valence-electron chi connectivity index (χ0n) is 13.1. The molecular weight excluding hydrogens is 264 g/mol. The molecule has 1 fully saturated rings. The van der Waals surface area contributed by atoms with Crippen molar-refractivity contribution in [3.63, 3.8) is 0 Å². The molecule has 2 atom stereocenters. The molecule has 1 aromatic rings. The Balaban J connectivity index is 1.94. The fourth-order valence-electron chi connectivity index (χ4n) is 3.44. The number of morpholine rings is 1. The number of hydrogen-bond acceptors (Lipinski definition) is 3. The second-order valence-corrected chi connectivity index (χ2v) is 6.22. The lowest BCUT2D eigenvalue weighted by Crippen LogP contribution is -2.45. The van der Waals surface area contributed by atoms with Gasteiger partial charge in [0.15, 0.2) is 0 Å². The van der Waals surface area contributed by atoms with Crippen LogP contribution in [0.2, 0.25) is 0 Å². The van der Waals surface area contributed by atoms with Crippen LogP contribution in [0, 0.1) is 5.92 Å². The van der Waals surface area contributed by atoms with Gasteiger partial charge in [0.25, 0.3) is 0 Å². The normalized spacial score (nSPS) is 25.7. The second-order valence-electron chi connectivity index (χ2n) is 6.22. The van der Waals surface area contributed by atoms with Gasteiger partial charge in [0.2, 0.25) is 5.91 Å². The number of nitrogens with zero attached hydrogens (tertiary/aromatic N) is 2. The van der Waals surface area contributed by atoms with Gasteiger partial charge in [-0.3, -0.25) is 4.79 Å². The van der Waals surface area contributed by atoms with Crippen LogP contribution in [0.5, 0.6) is 0 Å². The summed E-state index contributed by atoms with van der Waals surface area (Å²) in [5.41, 5.74) is 3.63. The van der Waals surface area contributed by atoms with Crippen molar-refractivity contribution in [1.82, 2.24) is 0 Å². The van der Waals surface area contributed by atoms with Crippen molar-refractivity contribution in [2.45, 2.75) is 33.2 Å². The maximum atomic E-state index is 12.0. The van der Waals surface area contributed by atoms with Crippen LogP contribution in [0.1, 0.15) is 26.3 Å². The predicted molar refractivity (Wildman–Crippen MR) is 85.0 cm³/mol. The van der Waals surface area contributed by atoms with Crippen molar-refractivity contribution in [2.24, 2.45) is 5.92 Å². The Morgan fingerprint density at radius 1 is 1.24 bits per heavy atom. The van der Waals surface area contributed by atoms with E-state index in [9.17, 15) is 4.79 Å². The Kier molecular flexibility index (Phi) is 3.89. The molecule has 0 bridgehead atoms. The molecule has 0 aliphatic carbocycles. The Bertz CT molecular complexity index is 538. The van der Waals surface area contributed by atoms with E-state index in [2.05, 4.69) is 36.9 Å². The van der Waals surface area contributed by atoms with Gasteiger partial charge in [-0.2, -0.15) is 0 Å². The first kappa shape index (κ1) is 14.4. The van der Waals surface area contributed by atoms with Crippen LogP contribution in [0.4, 0.5) is 11.4 Å². The number of rotatable bonds is 1. The van der Waals surface area contributed by atoms with Crippen LogP contribution in [0.25, 0.3) is 0 Å². The molecule has 0 N–H and O–H groups in total. The molecule has 1 aromatic carbocycles. The summed E-state index contributed by atoms with van der Waals surface area (Å²) in [7, 11) is 0. The molecular formula is C17H24N2O2. The van der Waals surface area contributed by atoms with Crippen LogP contribution in [-0.4, -0.2) is 38.3 Å². The summed E-state index contributed by atoms with van der Waals surface area (Å²) in [6.07, 6.45) is 1.04. The molecule has 21 heavy (non-hydrogen) atoms. The van der Waals surface area contributed by atoms with Crippen molar-refractivity contribution in [1.29, 1.82) is 0 Å². The number of carbonyl (C=O) groups is 1. The molecule has 1 amide bonds. The first-order chi connectivity index (χ1) is 10.1. The molecule has 114 valence electrons. The van der Waals surface area contributed by atoms with Crippen LogP contribution < -0.4 is 9.80 Å². The number of amides is 1. The van der Waals surface area contributed by atoms with E-state index in [1.165, 1.54) is 11.3 Å². The van der Waals surface area contributed by atoms with Crippen molar-refractivity contribution in [3.05, 3.63) is 23.8 Å². The van der Waals surface area contributed by atoms with Gasteiger partial charge < -0.3 is 14.5 Å². The highest BCUT2D eigenvalue weighted by molar-refractivity contribution is 5.94. The molecule has 2 heterocycles. The predicted octanol–water partition coefficient (Wildman–Crippen LogP) is 2.46. The van der Waals surface area contributed by atoms with E-state index >= 15 is 0 Å². The standard InChI is InChI=1S/C17H24N2O2/c1-12-10-15-11-16(18-6-8-21-9-7-18)4-5-17(15)19(13(12)2)14(3)20/h4-5,11-13H,6-10H2,1-3H3/t12-,13+/m1/s1. The zero-order chi connectivity index (χ0) is 15.0. The van der Waals surface area contributed by atoms with E-state index in [-0.39, 0.29) is 11.9 Å². The Labute approximate surface area is 126 Å². The van der Waals surface area contributed by atoms with E-state index in [0.29, 0.717) is 5.92 Å². The van der Waals surface area contributed by atoms with Gasteiger partial charge in [0.05, 0.1) is 13.2 Å². The minimum Gasteiger partial charge on any atom is -0.378 e. The highest BCUT2D eigenvalue weighted by Gasteiger charge is 2.31. The van der Waals surface area contributed by atoms with Gasteiger partial charge in [-0.15, -0.1) is 0 Å². The summed E-state index contributed by atoms with van der Waals surface area (Å²) in [5.74, 6) is 0.621. The third kappa shape index (κ3) is 2.64. The Hall–Kier alpha value is -1.55. The van der Waals surface area contributed by atoms with E-state index in [4.69, 9.17) is 4.74 Å². The van der Waals surface area contributed by atoms with Crippen LogP contribution in [0.3, 0.4) is 0 Å². The third-order valence-corrected chi connectivity index (χ3v) is 4.81. The zero-order valence-corrected chi connectivity index (χ0v) is 13.1. The van der Waals surface area contributed by atoms with Crippen LogP contribution >= 0.6 is 0 Å². The largest absolute Gasteiger partial charge is 0.378 e. The number of carbonyl (C=O) groups excluding carboxylic acids is 1. The molecule has 4 heteroatoms. The van der Waals surface area contributed by atoms with Gasteiger partial charge in [0.1, 0.15) is 0 Å². The SMILES string of the molecule is CC(=O)N1c2ccc(N3CCOCC3)cc2C[C@@H](C)[C@@H]1C. The summed E-state index contributed by atoms with van der Waals surface area (Å²) in [5, 5.41) is 0. The third-order valence-electron chi connectivity index (χ3n) is 4.81. The first-order valence-electron chi connectivity index (χ1n) is 7.83. The number of fused-ring (bicyclic) bond motifs is 1. The monoisotopic (exact) mass is 288 g/mol. The van der Waals surface area contributed by atoms with Crippen LogP contribution in [0.15, 0.2) is 18.2 Å². The number of ether oxygens (including phenoxy) is 1. The number of benzene rings is 1. The molecule has 3 rings (SSSR count). The molecule has 2 aliphatic heterocycles. The highest BCUT2D eigenvalue weighted by Crippen LogP contribution is 2.36. The molecule has 0 aromatic heterocycles. The Morgan fingerprint density at radius 3 is 2.62 bits per heavy atom. The van der Waals surface area contributed by atoms with Crippen LogP contribution in [-0.2, 0) is 16.0 Å². The van der Waals surface area contributed by atoms with Gasteiger partial charge >= 0.3 is 0 Å². The molecule has 0 spiro atoms. The number of anilines is 2. The molecule has 0 saturated carbocycles. The molecule has 0 radical (unpaired) electrons. The average Bonchev–Trinajstić information content (AvgIpc) is 2.48. The van der Waals surface area contributed by atoms with E-state index in [1.807, 2.05) is 4.90 Å². The van der Waals surface area contributed by atoms with Crippen molar-refractivity contribution in [2.75, 3.05) is 36.1 Å². The summed E-state index contributed by atoms with van der Waals surface area (Å²) in [4.78, 5) is 16.3. The van der Waals surface area contributed by atoms with Gasteiger partial charge in [-0.25, -0.2) is 0 Å². The lowest BCUT2D eigenvalue weighted by molar-refractivity contribution is -0.117. The van der Waals surface area contributed by atoms with Crippen molar-refractivity contribution in [3.8, 4) is 0 Å². The molecule has 4 nitrogen and oxygen atoms in total. The van der Waals surface area contributed by atoms with Crippen molar-refractivity contribution >= 4 is 17.3 Å². The minimum absolute atomic E-state index is 0.134. The lowest BCUT2D eigenvalue weighted by atomic mass is 9.87. The fraction of sp³-hybridized carbons (Fsp3) is 0.588. The minimum atomic E-state index is 0.134. The quantitative estimate of drug-likeness (QED) is 0.796. The topological polar surface area (TPSA) is 32.8 Å². The number of hydrogen-bond donors (Lipinski definition) is 0. The maximum absolute atomic E-state index is 12.0. The summed E-state index contributed by atoms with van der Waals surface area (Å²) in [6, 6.07) is 6.79. The smallest absolute Gasteiger partial charge is 0.224 e. The van der Waals surface area contributed by atoms with Crippen molar-refractivity contribution < 1.29 is 9.53 Å². The summed E-state index contributed by atoms with van der Waals surface area (Å²) < 4.78 is 5.42. The highest BCUT2D eigenvalue weighted by atomic mass is 16.5. The van der Waals surface area contributed by atoms with E-state index in [1.54, 1.807) is 6.92 Å².